The number of hydrogen-bond donors (Lipinski definition) is 1. The van der Waals surface area contributed by atoms with Crippen LogP contribution < -0.4 is 10.8 Å². The van der Waals surface area contributed by atoms with Crippen molar-refractivity contribution in [1.29, 1.82) is 0 Å². The molecule has 2 heteroatoms. The van der Waals surface area contributed by atoms with E-state index in [4.69, 9.17) is 7.85 Å². The van der Waals surface area contributed by atoms with E-state index < -0.39 is 0 Å². The van der Waals surface area contributed by atoms with Crippen molar-refractivity contribution in [1.82, 2.24) is 5.32 Å². The Hall–Kier alpha value is -0.755. The Kier molecular flexibility index (Phi) is 7.15. The zero-order valence-corrected chi connectivity index (χ0v) is 11.5. The van der Waals surface area contributed by atoms with E-state index in [0.717, 1.165) is 5.46 Å². The van der Waals surface area contributed by atoms with Crippen molar-refractivity contribution in [2.75, 3.05) is 0 Å². The predicted octanol–water partition coefficient (Wildman–Crippen LogP) is 2.49. The molecule has 1 N–H and O–H groups in total. The molecule has 0 aliphatic heterocycles. The summed E-state index contributed by atoms with van der Waals surface area (Å²) in [6, 6.07) is 7.18. The van der Waals surface area contributed by atoms with Crippen LogP contribution in [0.15, 0.2) is 18.2 Å². The zero-order valence-electron chi connectivity index (χ0n) is 11.5. The van der Waals surface area contributed by atoms with Gasteiger partial charge >= 0.3 is 0 Å². The molecule has 0 atom stereocenters. The minimum Gasteiger partial charge on any atom is -0.312 e. The minimum absolute atomic E-state index is 0.625. The average molecular weight is 217 g/mol. The van der Waals surface area contributed by atoms with Crippen LogP contribution in [0.3, 0.4) is 0 Å². The monoisotopic (exact) mass is 217 g/mol. The van der Waals surface area contributed by atoms with E-state index in [1.165, 1.54) is 11.1 Å². The van der Waals surface area contributed by atoms with Gasteiger partial charge in [0.05, 0.1) is 0 Å². The fourth-order valence-electron chi connectivity index (χ4n) is 1.43. The van der Waals surface area contributed by atoms with Gasteiger partial charge in [-0.3, -0.25) is 0 Å². The van der Waals surface area contributed by atoms with Crippen LogP contribution in [0.25, 0.3) is 0 Å². The van der Waals surface area contributed by atoms with Gasteiger partial charge in [0.1, 0.15) is 7.85 Å². The number of hydrogen-bond acceptors (Lipinski definition) is 1. The summed E-state index contributed by atoms with van der Waals surface area (Å²) in [5.74, 6) is 0. The van der Waals surface area contributed by atoms with E-state index in [1.807, 2.05) is 18.2 Å². The highest BCUT2D eigenvalue weighted by Crippen LogP contribution is 2.01. The van der Waals surface area contributed by atoms with Crippen LogP contribution in [0.5, 0.6) is 0 Å². The van der Waals surface area contributed by atoms with Gasteiger partial charge in [-0.05, 0) is 25.0 Å². The van der Waals surface area contributed by atoms with Crippen molar-refractivity contribution < 1.29 is 0 Å². The van der Waals surface area contributed by atoms with Gasteiger partial charge in [0.25, 0.3) is 0 Å². The van der Waals surface area contributed by atoms with Crippen LogP contribution in [-0.4, -0.2) is 19.9 Å². The van der Waals surface area contributed by atoms with Crippen LogP contribution in [0.1, 0.15) is 38.8 Å². The highest BCUT2D eigenvalue weighted by molar-refractivity contribution is 6.32. The van der Waals surface area contributed by atoms with E-state index in [0.29, 0.717) is 12.1 Å². The summed E-state index contributed by atoms with van der Waals surface area (Å²) in [5, 5.41) is 3.31. The molecule has 2 radical (unpaired) electrons. The molecule has 0 aliphatic carbocycles. The fourth-order valence-corrected chi connectivity index (χ4v) is 1.43. The zero-order chi connectivity index (χ0) is 12.7. The van der Waals surface area contributed by atoms with Crippen molar-refractivity contribution in [2.24, 2.45) is 0 Å². The third-order valence-electron chi connectivity index (χ3n) is 2.20. The number of benzene rings is 1. The van der Waals surface area contributed by atoms with Gasteiger partial charge in [-0.15, -0.1) is 0 Å². The predicted molar refractivity (Wildman–Crippen MR) is 74.7 cm³/mol. The summed E-state index contributed by atoms with van der Waals surface area (Å²) in [5.41, 5.74) is 3.40. The first kappa shape index (κ1) is 15.2. The lowest BCUT2D eigenvalue weighted by atomic mass is 9.93. The molecule has 0 fully saturated rings. The van der Waals surface area contributed by atoms with Gasteiger partial charge in [-0.25, -0.2) is 0 Å². The molecule has 1 aromatic rings. The Morgan fingerprint density at radius 2 is 1.44 bits per heavy atom. The topological polar surface area (TPSA) is 12.0 Å². The molecule has 0 saturated heterocycles. The Morgan fingerprint density at radius 3 is 1.69 bits per heavy atom. The SMILES string of the molecule is CC(C)NC(C)C.[B]c1ccc(C)c(C)c1. The molecule has 0 spiro atoms. The lowest BCUT2D eigenvalue weighted by Gasteiger charge is -2.10. The molecule has 0 amide bonds. The van der Waals surface area contributed by atoms with E-state index in [2.05, 4.69) is 46.9 Å². The number of aryl methyl sites for hydroxylation is 2. The van der Waals surface area contributed by atoms with Crippen LogP contribution in [0.4, 0.5) is 0 Å². The number of nitrogens with one attached hydrogen (secondary N) is 1. The molecule has 0 unspecified atom stereocenters. The lowest BCUT2D eigenvalue weighted by molar-refractivity contribution is 0.518. The second-order valence-corrected chi connectivity index (χ2v) is 4.82. The van der Waals surface area contributed by atoms with Crippen molar-refractivity contribution in [3.8, 4) is 0 Å². The highest BCUT2D eigenvalue weighted by atomic mass is 14.9. The van der Waals surface area contributed by atoms with Gasteiger partial charge in [-0.2, -0.15) is 0 Å². The second-order valence-electron chi connectivity index (χ2n) is 4.82. The maximum Gasteiger partial charge on any atom is 0.113 e. The molecule has 16 heavy (non-hydrogen) atoms. The molecule has 1 nitrogen and oxygen atoms in total. The summed E-state index contributed by atoms with van der Waals surface area (Å²) >= 11 is 0. The van der Waals surface area contributed by atoms with Gasteiger partial charge in [0.2, 0.25) is 0 Å². The van der Waals surface area contributed by atoms with Gasteiger partial charge < -0.3 is 5.32 Å². The second kappa shape index (κ2) is 7.51. The van der Waals surface area contributed by atoms with E-state index >= 15 is 0 Å². The maximum absolute atomic E-state index is 5.53. The van der Waals surface area contributed by atoms with E-state index in [1.54, 1.807) is 0 Å². The highest BCUT2D eigenvalue weighted by Gasteiger charge is 1.92. The Bertz CT molecular complexity index is 300. The molecule has 88 valence electrons. The first-order chi connectivity index (χ1) is 7.32. The quantitative estimate of drug-likeness (QED) is 0.750. The summed E-state index contributed by atoms with van der Waals surface area (Å²) < 4.78 is 0. The maximum atomic E-state index is 5.53. The van der Waals surface area contributed by atoms with Gasteiger partial charge in [-0.1, -0.05) is 51.4 Å². The molecule has 1 rings (SSSR count). The standard InChI is InChI=1S/C8H9B.C6H15N/c1-6-3-4-8(9)5-7(6)2;1-5(2)7-6(3)4/h3-5H,1-2H3;5-7H,1-4H3. The molecule has 0 bridgehead atoms. The van der Waals surface area contributed by atoms with Crippen molar-refractivity contribution in [3.05, 3.63) is 29.3 Å². The molecule has 0 saturated carbocycles. The smallest absolute Gasteiger partial charge is 0.113 e. The van der Waals surface area contributed by atoms with Gasteiger partial charge in [0, 0.05) is 12.1 Å². The summed E-state index contributed by atoms with van der Waals surface area (Å²) in [4.78, 5) is 0. The third-order valence-corrected chi connectivity index (χ3v) is 2.20. The minimum atomic E-state index is 0.625. The molecule has 0 aliphatic rings. The first-order valence-corrected chi connectivity index (χ1v) is 5.91. The van der Waals surface area contributed by atoms with Crippen molar-refractivity contribution in [2.45, 2.75) is 53.6 Å². The average Bonchev–Trinajstić information content (AvgIpc) is 2.10. The summed E-state index contributed by atoms with van der Waals surface area (Å²) in [6.07, 6.45) is 0. The van der Waals surface area contributed by atoms with Crippen LogP contribution >= 0.6 is 0 Å². The molecular formula is C14H24BN. The van der Waals surface area contributed by atoms with Gasteiger partial charge in [0.15, 0.2) is 0 Å². The Labute approximate surface area is 102 Å². The third kappa shape index (κ3) is 7.53. The van der Waals surface area contributed by atoms with Crippen molar-refractivity contribution in [3.63, 3.8) is 0 Å². The first-order valence-electron chi connectivity index (χ1n) is 5.91. The van der Waals surface area contributed by atoms with Crippen LogP contribution in [0, 0.1) is 13.8 Å². The van der Waals surface area contributed by atoms with E-state index in [-0.39, 0.29) is 0 Å². The molecular weight excluding hydrogens is 193 g/mol. The van der Waals surface area contributed by atoms with Crippen LogP contribution in [0.2, 0.25) is 0 Å². The molecule has 0 aromatic heterocycles. The van der Waals surface area contributed by atoms with Crippen LogP contribution in [-0.2, 0) is 0 Å². The summed E-state index contributed by atoms with van der Waals surface area (Å²) in [7, 11) is 5.53. The molecule has 1 aromatic carbocycles. The van der Waals surface area contributed by atoms with E-state index in [9.17, 15) is 0 Å². The normalized spacial score (nSPS) is 10.2. The Morgan fingerprint density at radius 1 is 0.938 bits per heavy atom. The Balaban J connectivity index is 0.000000293. The number of rotatable bonds is 2. The lowest BCUT2D eigenvalue weighted by Crippen LogP contribution is -2.29. The largest absolute Gasteiger partial charge is 0.312 e. The van der Waals surface area contributed by atoms with Crippen molar-refractivity contribution >= 4 is 13.3 Å². The fraction of sp³-hybridized carbons (Fsp3) is 0.571. The summed E-state index contributed by atoms with van der Waals surface area (Å²) in [6.45, 7) is 12.8. The molecule has 0 heterocycles.